The first kappa shape index (κ1) is 34.4. The van der Waals surface area contributed by atoms with Crippen molar-refractivity contribution in [3.63, 3.8) is 0 Å². The molecule has 0 amide bonds. The number of benzene rings is 7. The molecule has 1 aliphatic heterocycles. The average Bonchev–Trinajstić information content (AvgIpc) is 3.58. The van der Waals surface area contributed by atoms with Gasteiger partial charge in [-0.25, -0.2) is 9.97 Å². The summed E-state index contributed by atoms with van der Waals surface area (Å²) in [5.41, 5.74) is 19.1. The maximum atomic E-state index is 5.33. The van der Waals surface area contributed by atoms with E-state index >= 15 is 0 Å². The van der Waals surface area contributed by atoms with Crippen molar-refractivity contribution in [3.05, 3.63) is 222 Å². The maximum absolute atomic E-state index is 5.33. The second-order valence-electron chi connectivity index (χ2n) is 15.2. The fourth-order valence-corrected chi connectivity index (χ4v) is 10.5. The van der Waals surface area contributed by atoms with Gasteiger partial charge in [-0.1, -0.05) is 176 Å². The topological polar surface area (TPSA) is 38.7 Å². The van der Waals surface area contributed by atoms with Crippen LogP contribution in [0.2, 0.25) is 0 Å². The molecule has 274 valence electrons. The Morgan fingerprint density at radius 3 is 1.69 bits per heavy atom. The van der Waals surface area contributed by atoms with Crippen LogP contribution in [0, 0.1) is 13.8 Å². The molecule has 1 atom stereocenters. The van der Waals surface area contributed by atoms with Crippen molar-refractivity contribution in [1.82, 2.24) is 15.0 Å². The average molecular weight is 760 g/mol. The lowest BCUT2D eigenvalue weighted by Crippen LogP contribution is -2.32. The second kappa shape index (κ2) is 13.7. The van der Waals surface area contributed by atoms with Gasteiger partial charge in [0.15, 0.2) is 5.82 Å². The number of nitrogens with zero attached hydrogens (tertiary/aromatic N) is 3. The third-order valence-electron chi connectivity index (χ3n) is 11.8. The number of hydrogen-bond acceptors (Lipinski definition) is 4. The van der Waals surface area contributed by atoms with Crippen LogP contribution in [-0.2, 0) is 5.41 Å². The summed E-state index contributed by atoms with van der Waals surface area (Å²) in [6, 6.07) is 65.9. The zero-order chi connectivity index (χ0) is 38.8. The molecule has 0 bridgehead atoms. The highest BCUT2D eigenvalue weighted by atomic mass is 32.2. The fourth-order valence-electron chi connectivity index (χ4n) is 9.23. The zero-order valence-corrected chi connectivity index (χ0v) is 33.0. The van der Waals surface area contributed by atoms with Crippen LogP contribution in [-0.4, -0.2) is 15.0 Å². The minimum Gasteiger partial charge on any atom is -0.261 e. The van der Waals surface area contributed by atoms with Crippen LogP contribution in [0.15, 0.2) is 198 Å². The van der Waals surface area contributed by atoms with Gasteiger partial charge in [0.25, 0.3) is 0 Å². The third-order valence-corrected chi connectivity index (χ3v) is 13.0. The van der Waals surface area contributed by atoms with E-state index in [0.717, 1.165) is 45.2 Å². The van der Waals surface area contributed by atoms with E-state index in [1.165, 1.54) is 65.4 Å². The Morgan fingerprint density at radius 2 is 0.983 bits per heavy atom. The SMILES string of the molecule is Cc1cnc(C)c(-c2ccc(-c3cccc4c3-c3ccccc3C43c4ccccc4Sc4c(-c5nc(-c6ccccc6)cc(-c6ccccc6)n5)cccc43)cc2)c1. The van der Waals surface area contributed by atoms with Gasteiger partial charge in [-0.05, 0) is 87.7 Å². The summed E-state index contributed by atoms with van der Waals surface area (Å²) in [6.07, 6.45) is 1.94. The molecule has 0 saturated heterocycles. The van der Waals surface area contributed by atoms with E-state index < -0.39 is 5.41 Å². The molecule has 0 saturated carbocycles. The van der Waals surface area contributed by atoms with E-state index in [9.17, 15) is 0 Å². The Hall–Kier alpha value is -6.88. The van der Waals surface area contributed by atoms with Crippen LogP contribution in [0.5, 0.6) is 0 Å². The number of rotatable bonds is 5. The first-order chi connectivity index (χ1) is 28.6. The Balaban J connectivity index is 1.15. The summed E-state index contributed by atoms with van der Waals surface area (Å²) in [4.78, 5) is 17.7. The molecule has 0 fully saturated rings. The molecule has 2 aliphatic rings. The molecular weight excluding hydrogens is 723 g/mol. The molecule has 2 aromatic heterocycles. The molecule has 0 N–H and O–H groups in total. The molecule has 1 aliphatic carbocycles. The second-order valence-corrected chi connectivity index (χ2v) is 16.3. The van der Waals surface area contributed by atoms with Gasteiger partial charge in [0.05, 0.1) is 16.8 Å². The van der Waals surface area contributed by atoms with E-state index in [1.54, 1.807) is 0 Å². The first-order valence-electron chi connectivity index (χ1n) is 19.8. The molecule has 3 nitrogen and oxygen atoms in total. The Morgan fingerprint density at radius 1 is 0.431 bits per heavy atom. The van der Waals surface area contributed by atoms with Crippen LogP contribution in [0.1, 0.15) is 33.5 Å². The maximum Gasteiger partial charge on any atom is 0.161 e. The van der Waals surface area contributed by atoms with Gasteiger partial charge >= 0.3 is 0 Å². The molecule has 4 heteroatoms. The minimum absolute atomic E-state index is 0.557. The molecule has 1 unspecified atom stereocenters. The van der Waals surface area contributed by atoms with Crippen molar-refractivity contribution in [1.29, 1.82) is 0 Å². The molecular formula is C54H37N3S. The molecule has 3 heterocycles. The summed E-state index contributed by atoms with van der Waals surface area (Å²) in [6.45, 7) is 4.19. The van der Waals surface area contributed by atoms with Crippen LogP contribution in [0.4, 0.5) is 0 Å². The van der Waals surface area contributed by atoms with E-state index in [4.69, 9.17) is 9.97 Å². The standard InChI is InChI=1S/C54H37N3S/c1-34-31-43(35(2)55-33-34)37-29-27-36(28-30-37)40-20-13-24-46-51(40)41-19-9-10-22-44(41)54(46)45-23-11-12-26-50(45)58-52-42(21-14-25-47(52)54)53-56-48(38-15-5-3-6-16-38)32-49(57-53)39-17-7-4-8-18-39/h3-33H,1-2H3. The highest BCUT2D eigenvalue weighted by Crippen LogP contribution is 2.64. The van der Waals surface area contributed by atoms with Crippen molar-refractivity contribution < 1.29 is 0 Å². The molecule has 58 heavy (non-hydrogen) atoms. The highest BCUT2D eigenvalue weighted by Gasteiger charge is 2.51. The van der Waals surface area contributed by atoms with E-state index in [1.807, 2.05) is 30.1 Å². The smallest absolute Gasteiger partial charge is 0.161 e. The van der Waals surface area contributed by atoms with Gasteiger partial charge in [-0.3, -0.25) is 4.98 Å². The normalized spacial score (nSPS) is 14.7. The largest absolute Gasteiger partial charge is 0.261 e. The van der Waals surface area contributed by atoms with Crippen molar-refractivity contribution in [2.45, 2.75) is 29.1 Å². The predicted octanol–water partition coefficient (Wildman–Crippen LogP) is 13.7. The van der Waals surface area contributed by atoms with Crippen molar-refractivity contribution in [2.24, 2.45) is 0 Å². The number of fused-ring (bicyclic) bond motifs is 9. The highest BCUT2D eigenvalue weighted by molar-refractivity contribution is 7.99. The van der Waals surface area contributed by atoms with Crippen LogP contribution < -0.4 is 0 Å². The predicted molar refractivity (Wildman–Crippen MR) is 238 cm³/mol. The van der Waals surface area contributed by atoms with Crippen molar-refractivity contribution >= 4 is 11.8 Å². The molecule has 0 radical (unpaired) electrons. The first-order valence-corrected chi connectivity index (χ1v) is 20.6. The molecule has 11 rings (SSSR count). The summed E-state index contributed by atoms with van der Waals surface area (Å²) < 4.78 is 0. The van der Waals surface area contributed by atoms with Crippen LogP contribution in [0.3, 0.4) is 0 Å². The summed E-state index contributed by atoms with van der Waals surface area (Å²) in [5, 5.41) is 0. The summed E-state index contributed by atoms with van der Waals surface area (Å²) in [5.74, 6) is 0.721. The van der Waals surface area contributed by atoms with Gasteiger partial charge < -0.3 is 0 Å². The molecule has 7 aromatic carbocycles. The summed E-state index contributed by atoms with van der Waals surface area (Å²) >= 11 is 1.83. The fraction of sp³-hybridized carbons (Fsp3) is 0.0556. The van der Waals surface area contributed by atoms with Crippen LogP contribution >= 0.6 is 11.8 Å². The van der Waals surface area contributed by atoms with Gasteiger partial charge in [0.1, 0.15) is 0 Å². The number of aromatic nitrogens is 3. The van der Waals surface area contributed by atoms with E-state index in [-0.39, 0.29) is 0 Å². The number of hydrogen-bond donors (Lipinski definition) is 0. The monoisotopic (exact) mass is 759 g/mol. The van der Waals surface area contributed by atoms with Gasteiger partial charge in [0, 0.05) is 43.9 Å². The molecule has 1 spiro atoms. The van der Waals surface area contributed by atoms with E-state index in [0.29, 0.717) is 0 Å². The number of pyridine rings is 1. The number of aryl methyl sites for hydroxylation is 2. The molecule has 9 aromatic rings. The van der Waals surface area contributed by atoms with Crippen molar-refractivity contribution in [2.75, 3.05) is 0 Å². The lowest BCUT2D eigenvalue weighted by atomic mass is 9.67. The van der Waals surface area contributed by atoms with Gasteiger partial charge in [0.2, 0.25) is 0 Å². The third kappa shape index (κ3) is 5.33. The Kier molecular flexibility index (Phi) is 8.09. The van der Waals surface area contributed by atoms with Gasteiger partial charge in [-0.2, -0.15) is 0 Å². The van der Waals surface area contributed by atoms with Crippen molar-refractivity contribution in [3.8, 4) is 67.3 Å². The van der Waals surface area contributed by atoms with Crippen LogP contribution in [0.25, 0.3) is 67.3 Å². The Labute approximate surface area is 343 Å². The lowest BCUT2D eigenvalue weighted by Gasteiger charge is -2.40. The van der Waals surface area contributed by atoms with Gasteiger partial charge in [-0.15, -0.1) is 0 Å². The van der Waals surface area contributed by atoms with E-state index in [2.05, 4.69) is 189 Å². The minimum atomic E-state index is -0.557. The zero-order valence-electron chi connectivity index (χ0n) is 32.1. The quantitative estimate of drug-likeness (QED) is 0.175. The lowest BCUT2D eigenvalue weighted by molar-refractivity contribution is 0.723. The Bertz CT molecular complexity index is 2990. The summed E-state index contributed by atoms with van der Waals surface area (Å²) in [7, 11) is 0.